The zero-order valence-corrected chi connectivity index (χ0v) is 8.46. The summed E-state index contributed by atoms with van der Waals surface area (Å²) in [4.78, 5) is 23.0. The summed E-state index contributed by atoms with van der Waals surface area (Å²) in [7, 11) is 0. The number of carbonyl (C=O) groups is 2. The van der Waals surface area contributed by atoms with Crippen LogP contribution in [0.25, 0.3) is 0 Å². The van der Waals surface area contributed by atoms with Gasteiger partial charge in [-0.25, -0.2) is 9.59 Å². The third-order valence-corrected chi connectivity index (χ3v) is 1.95. The van der Waals surface area contributed by atoms with Crippen LogP contribution in [0.4, 0.5) is 0 Å². The molecule has 2 rings (SSSR count). The highest BCUT2D eigenvalue weighted by atomic mass is 16.7. The summed E-state index contributed by atoms with van der Waals surface area (Å²) < 4.78 is 14.9. The lowest BCUT2D eigenvalue weighted by Gasteiger charge is -2.29. The molecule has 6 nitrogen and oxygen atoms in total. The molecule has 0 spiro atoms. The van der Waals surface area contributed by atoms with Crippen LogP contribution < -0.4 is 5.32 Å². The molecular formula is C9H11NO5. The van der Waals surface area contributed by atoms with Crippen LogP contribution in [0.2, 0.25) is 0 Å². The molecule has 2 saturated heterocycles. The molecule has 2 fully saturated rings. The highest BCUT2D eigenvalue weighted by Gasteiger charge is 2.42. The molecule has 0 amide bonds. The van der Waals surface area contributed by atoms with Gasteiger partial charge in [0.15, 0.2) is 0 Å². The van der Waals surface area contributed by atoms with Crippen molar-refractivity contribution >= 4 is 11.9 Å². The van der Waals surface area contributed by atoms with Gasteiger partial charge in [0.05, 0.1) is 6.54 Å². The fraction of sp³-hybridized carbons (Fsp3) is 0.556. The maximum atomic E-state index is 11.5. The normalized spacial score (nSPS) is 24.1. The van der Waals surface area contributed by atoms with E-state index in [0.717, 1.165) is 0 Å². The van der Waals surface area contributed by atoms with Crippen LogP contribution in [-0.4, -0.2) is 30.9 Å². The minimum absolute atomic E-state index is 0.139. The monoisotopic (exact) mass is 213 g/mol. The molecule has 0 saturated carbocycles. The number of rotatable bonds is 0. The van der Waals surface area contributed by atoms with Gasteiger partial charge in [0.25, 0.3) is 5.79 Å². The lowest BCUT2D eigenvalue weighted by Crippen LogP contribution is -2.43. The molecule has 0 bridgehead atoms. The highest BCUT2D eigenvalue weighted by molar-refractivity contribution is 6.15. The van der Waals surface area contributed by atoms with E-state index in [0.29, 0.717) is 13.2 Å². The molecule has 2 aliphatic rings. The number of cyclic esters (lactones) is 2. The summed E-state index contributed by atoms with van der Waals surface area (Å²) in [6.45, 7) is 3.96. The molecule has 0 aliphatic carbocycles. The molecule has 0 radical (unpaired) electrons. The molecule has 2 heterocycles. The Labute approximate surface area is 86.2 Å². The number of esters is 2. The Morgan fingerprint density at radius 1 is 1.20 bits per heavy atom. The Morgan fingerprint density at radius 2 is 1.80 bits per heavy atom. The van der Waals surface area contributed by atoms with Crippen LogP contribution in [0.1, 0.15) is 13.8 Å². The van der Waals surface area contributed by atoms with E-state index >= 15 is 0 Å². The lowest BCUT2D eigenvalue weighted by atomic mass is 10.2. The topological polar surface area (TPSA) is 73.9 Å². The maximum absolute atomic E-state index is 11.5. The van der Waals surface area contributed by atoms with E-state index < -0.39 is 17.7 Å². The largest absolute Gasteiger partial charge is 0.477 e. The molecule has 1 N–H and O–H groups in total. The number of hydrogen-bond donors (Lipinski definition) is 1. The van der Waals surface area contributed by atoms with Gasteiger partial charge in [0.2, 0.25) is 11.5 Å². The number of hydrogen-bond acceptors (Lipinski definition) is 6. The Hall–Kier alpha value is -1.72. The number of carbonyl (C=O) groups excluding carboxylic acids is 2. The second-order valence-corrected chi connectivity index (χ2v) is 3.66. The molecule has 0 aromatic heterocycles. The summed E-state index contributed by atoms with van der Waals surface area (Å²) in [5.41, 5.74) is -0.202. The SMILES string of the molecule is CC1(C)OC(=O)C(=C2NCCO2)C(=O)O1. The summed E-state index contributed by atoms with van der Waals surface area (Å²) in [6, 6.07) is 0. The van der Waals surface area contributed by atoms with Crippen LogP contribution in [0, 0.1) is 0 Å². The van der Waals surface area contributed by atoms with Gasteiger partial charge in [0, 0.05) is 13.8 Å². The van der Waals surface area contributed by atoms with Crippen LogP contribution >= 0.6 is 0 Å². The van der Waals surface area contributed by atoms with Crippen molar-refractivity contribution in [1.29, 1.82) is 0 Å². The second kappa shape index (κ2) is 3.15. The Bertz CT molecular complexity index is 328. The van der Waals surface area contributed by atoms with Crippen molar-refractivity contribution in [3.8, 4) is 0 Å². The van der Waals surface area contributed by atoms with Crippen LogP contribution in [0.5, 0.6) is 0 Å². The van der Waals surface area contributed by atoms with Gasteiger partial charge in [-0.2, -0.15) is 0 Å². The van der Waals surface area contributed by atoms with Crippen molar-refractivity contribution in [2.45, 2.75) is 19.6 Å². The third kappa shape index (κ3) is 1.74. The molecule has 6 heteroatoms. The van der Waals surface area contributed by atoms with E-state index in [1.165, 1.54) is 13.8 Å². The highest BCUT2D eigenvalue weighted by Crippen LogP contribution is 2.24. The molecule has 0 aromatic carbocycles. The van der Waals surface area contributed by atoms with E-state index in [-0.39, 0.29) is 11.5 Å². The first-order chi connectivity index (χ1) is 6.99. The van der Waals surface area contributed by atoms with Gasteiger partial charge in [-0.1, -0.05) is 0 Å². The zero-order valence-electron chi connectivity index (χ0n) is 8.46. The van der Waals surface area contributed by atoms with Crippen LogP contribution in [0.3, 0.4) is 0 Å². The number of nitrogens with one attached hydrogen (secondary N) is 1. The van der Waals surface area contributed by atoms with Gasteiger partial charge in [0.1, 0.15) is 6.61 Å². The summed E-state index contributed by atoms with van der Waals surface area (Å²) in [5.74, 6) is -2.52. The van der Waals surface area contributed by atoms with Crippen molar-refractivity contribution in [1.82, 2.24) is 5.32 Å². The fourth-order valence-electron chi connectivity index (χ4n) is 1.37. The van der Waals surface area contributed by atoms with E-state index in [1.807, 2.05) is 0 Å². The standard InChI is InChI=1S/C9H11NO5/c1-9(2)14-7(11)5(8(12)15-9)6-10-3-4-13-6/h10H,3-4H2,1-2H3. The molecule has 82 valence electrons. The minimum Gasteiger partial charge on any atom is -0.477 e. The Morgan fingerprint density at radius 3 is 2.27 bits per heavy atom. The lowest BCUT2D eigenvalue weighted by molar-refractivity contribution is -0.222. The summed E-state index contributed by atoms with van der Waals surface area (Å²) in [5, 5.41) is 2.77. The van der Waals surface area contributed by atoms with Gasteiger partial charge in [-0.05, 0) is 0 Å². The molecule has 15 heavy (non-hydrogen) atoms. The van der Waals surface area contributed by atoms with Crippen molar-refractivity contribution in [2.75, 3.05) is 13.2 Å². The zero-order chi connectivity index (χ0) is 11.1. The summed E-state index contributed by atoms with van der Waals surface area (Å²) >= 11 is 0. The molecular weight excluding hydrogens is 202 g/mol. The van der Waals surface area contributed by atoms with Gasteiger partial charge >= 0.3 is 11.9 Å². The van der Waals surface area contributed by atoms with E-state index in [1.54, 1.807) is 0 Å². The van der Waals surface area contributed by atoms with Gasteiger partial charge < -0.3 is 19.5 Å². The van der Waals surface area contributed by atoms with Crippen molar-refractivity contribution in [3.05, 3.63) is 11.5 Å². The fourth-order valence-corrected chi connectivity index (χ4v) is 1.37. The van der Waals surface area contributed by atoms with E-state index in [4.69, 9.17) is 14.2 Å². The predicted octanol–water partition coefficient (Wildman–Crippen LogP) is -0.346. The van der Waals surface area contributed by atoms with E-state index in [2.05, 4.69) is 5.32 Å². The first-order valence-corrected chi connectivity index (χ1v) is 4.57. The van der Waals surface area contributed by atoms with Crippen molar-refractivity contribution < 1.29 is 23.8 Å². The average molecular weight is 213 g/mol. The van der Waals surface area contributed by atoms with Crippen LogP contribution in [-0.2, 0) is 23.8 Å². The third-order valence-electron chi connectivity index (χ3n) is 1.95. The van der Waals surface area contributed by atoms with Gasteiger partial charge in [-0.15, -0.1) is 0 Å². The quantitative estimate of drug-likeness (QED) is 0.337. The molecule has 2 aliphatic heterocycles. The Kier molecular flexibility index (Phi) is 2.06. The van der Waals surface area contributed by atoms with Crippen LogP contribution in [0.15, 0.2) is 11.5 Å². The Balaban J connectivity index is 2.31. The predicted molar refractivity (Wildman–Crippen MR) is 47.2 cm³/mol. The number of ether oxygens (including phenoxy) is 3. The first kappa shape index (κ1) is 9.82. The minimum atomic E-state index is -1.21. The van der Waals surface area contributed by atoms with E-state index in [9.17, 15) is 9.59 Å². The average Bonchev–Trinajstić information content (AvgIpc) is 2.52. The maximum Gasteiger partial charge on any atom is 0.354 e. The molecule has 0 aromatic rings. The molecule has 0 unspecified atom stereocenters. The first-order valence-electron chi connectivity index (χ1n) is 4.57. The van der Waals surface area contributed by atoms with Gasteiger partial charge in [-0.3, -0.25) is 0 Å². The van der Waals surface area contributed by atoms with Crippen molar-refractivity contribution in [2.24, 2.45) is 0 Å². The smallest absolute Gasteiger partial charge is 0.354 e. The molecule has 0 atom stereocenters. The summed E-state index contributed by atoms with van der Waals surface area (Å²) in [6.07, 6.45) is 0. The second-order valence-electron chi connectivity index (χ2n) is 3.66. The van der Waals surface area contributed by atoms with Crippen molar-refractivity contribution in [3.63, 3.8) is 0 Å².